The second kappa shape index (κ2) is 16.1. The Morgan fingerprint density at radius 3 is 2.34 bits per heavy atom. The maximum Gasteiger partial charge on any atom is 0.303 e. The number of rotatable bonds is 17. The molecule has 0 unspecified atom stereocenters. The van der Waals surface area contributed by atoms with Crippen LogP contribution in [0.2, 0.25) is 0 Å². The predicted molar refractivity (Wildman–Crippen MR) is 174 cm³/mol. The summed E-state index contributed by atoms with van der Waals surface area (Å²) in [5, 5.41) is 30.6. The van der Waals surface area contributed by atoms with Crippen LogP contribution in [0.4, 0.5) is 0 Å². The van der Waals surface area contributed by atoms with Crippen molar-refractivity contribution in [2.24, 2.45) is 0 Å². The molecule has 7 nitrogen and oxygen atoms in total. The topological polar surface area (TPSA) is 107 Å². The molecule has 0 aromatic heterocycles. The SMILES string of the molecule is C=CCN1CC[C@]23c4c5ccc(O)c4O[C@H]2C(=O)CC[C@@]3(O)[C@H]1C5.CCCCCCCC/C=C\CCCCCCCC(=O)O. The van der Waals surface area contributed by atoms with Crippen molar-refractivity contribution >= 4 is 11.8 Å². The van der Waals surface area contributed by atoms with E-state index >= 15 is 0 Å². The molecule has 244 valence electrons. The molecule has 44 heavy (non-hydrogen) atoms. The number of hydrogen-bond donors (Lipinski definition) is 3. The van der Waals surface area contributed by atoms with Crippen LogP contribution in [0.3, 0.4) is 0 Å². The largest absolute Gasteiger partial charge is 0.504 e. The Kier molecular flexibility index (Phi) is 12.5. The summed E-state index contributed by atoms with van der Waals surface area (Å²) in [6, 6.07) is 3.52. The number of benzene rings is 1. The fraction of sp³-hybridized carbons (Fsp3) is 0.676. The first kappa shape index (κ1) is 34.2. The highest BCUT2D eigenvalue weighted by atomic mass is 16.5. The van der Waals surface area contributed by atoms with E-state index < -0.39 is 23.1 Å². The molecule has 2 aliphatic carbocycles. The lowest BCUT2D eigenvalue weighted by molar-refractivity contribution is -0.187. The number of aliphatic hydroxyl groups is 1. The maximum absolute atomic E-state index is 12.6. The zero-order valence-electron chi connectivity index (χ0n) is 26.9. The third-order valence-corrected chi connectivity index (χ3v) is 10.4. The molecule has 1 saturated heterocycles. The fourth-order valence-electron chi connectivity index (χ4n) is 8.14. The van der Waals surface area contributed by atoms with Gasteiger partial charge in [-0.25, -0.2) is 0 Å². The first-order valence-corrected chi connectivity index (χ1v) is 17.3. The molecule has 1 aromatic rings. The number of Topliss-reactive ketones (excluding diaryl/α,β-unsaturated/α-hetero) is 1. The van der Waals surface area contributed by atoms with Gasteiger partial charge < -0.3 is 20.1 Å². The lowest BCUT2D eigenvalue weighted by Crippen LogP contribution is -2.76. The lowest BCUT2D eigenvalue weighted by Gasteiger charge is -2.62. The minimum atomic E-state index is -1.00. The van der Waals surface area contributed by atoms with Crippen molar-refractivity contribution in [3.05, 3.63) is 48.1 Å². The van der Waals surface area contributed by atoms with Gasteiger partial charge in [0.2, 0.25) is 0 Å². The number of piperidine rings is 1. The van der Waals surface area contributed by atoms with Crippen LogP contribution in [-0.2, 0) is 21.4 Å². The summed E-state index contributed by atoms with van der Waals surface area (Å²) in [5.41, 5.74) is 0.256. The molecular weight excluding hydrogens is 554 g/mol. The van der Waals surface area contributed by atoms with Crippen LogP contribution in [0.1, 0.15) is 127 Å². The number of allylic oxidation sites excluding steroid dienone is 2. The molecule has 1 spiro atoms. The van der Waals surface area contributed by atoms with Gasteiger partial charge in [-0.15, -0.1) is 6.58 Å². The van der Waals surface area contributed by atoms with Crippen LogP contribution in [0.25, 0.3) is 0 Å². The van der Waals surface area contributed by atoms with Crippen LogP contribution in [0.5, 0.6) is 11.5 Å². The molecule has 3 N–H and O–H groups in total. The number of nitrogens with zero attached hydrogens (tertiary/aromatic N) is 1. The summed E-state index contributed by atoms with van der Waals surface area (Å²) in [5.74, 6) is -0.136. The predicted octanol–water partition coefficient (Wildman–Crippen LogP) is 7.41. The third kappa shape index (κ3) is 7.25. The number of ether oxygens (including phenoxy) is 1. The number of carboxylic acids is 1. The summed E-state index contributed by atoms with van der Waals surface area (Å²) in [7, 11) is 0. The minimum Gasteiger partial charge on any atom is -0.504 e. The van der Waals surface area contributed by atoms with Crippen molar-refractivity contribution < 1.29 is 29.6 Å². The van der Waals surface area contributed by atoms with E-state index in [2.05, 4.69) is 30.6 Å². The Morgan fingerprint density at radius 2 is 1.68 bits per heavy atom. The molecule has 1 saturated carbocycles. The molecule has 1 aromatic carbocycles. The Balaban J connectivity index is 0.000000206. The zero-order chi connectivity index (χ0) is 31.6. The van der Waals surface area contributed by atoms with Crippen LogP contribution < -0.4 is 4.74 Å². The van der Waals surface area contributed by atoms with Gasteiger partial charge in [-0.05, 0) is 63.0 Å². The normalized spacial score (nSPS) is 26.5. The van der Waals surface area contributed by atoms with Crippen LogP contribution in [0, 0.1) is 0 Å². The second-order valence-electron chi connectivity index (χ2n) is 13.3. The van der Waals surface area contributed by atoms with Gasteiger partial charge in [0.25, 0.3) is 0 Å². The van der Waals surface area contributed by atoms with E-state index in [0.717, 1.165) is 37.1 Å². The highest BCUT2D eigenvalue weighted by molar-refractivity contribution is 5.90. The summed E-state index contributed by atoms with van der Waals surface area (Å²) in [6.45, 7) is 7.62. The number of carbonyl (C=O) groups excluding carboxylic acids is 1. The third-order valence-electron chi connectivity index (χ3n) is 10.4. The molecule has 0 radical (unpaired) electrons. The average molecular weight is 610 g/mol. The van der Waals surface area contributed by atoms with E-state index in [4.69, 9.17) is 9.84 Å². The van der Waals surface area contributed by atoms with Crippen LogP contribution in [-0.4, -0.2) is 62.8 Å². The maximum atomic E-state index is 12.6. The van der Waals surface area contributed by atoms with Crippen LogP contribution >= 0.6 is 0 Å². The Hall–Kier alpha value is -2.64. The van der Waals surface area contributed by atoms with Gasteiger partial charge in [0.1, 0.15) is 0 Å². The monoisotopic (exact) mass is 609 g/mol. The number of phenols is 1. The van der Waals surface area contributed by atoms with Crippen molar-refractivity contribution in [3.8, 4) is 11.5 Å². The molecule has 4 aliphatic rings. The van der Waals surface area contributed by atoms with Gasteiger partial charge >= 0.3 is 5.97 Å². The summed E-state index contributed by atoms with van der Waals surface area (Å²) in [6.07, 6.45) is 24.6. The second-order valence-corrected chi connectivity index (χ2v) is 13.3. The Labute approximate surface area is 264 Å². The van der Waals surface area contributed by atoms with Crippen molar-refractivity contribution in [1.29, 1.82) is 0 Å². The van der Waals surface area contributed by atoms with E-state index in [0.29, 0.717) is 37.9 Å². The zero-order valence-corrected chi connectivity index (χ0v) is 26.9. The molecule has 2 heterocycles. The minimum absolute atomic E-state index is 0.0408. The van der Waals surface area contributed by atoms with E-state index in [9.17, 15) is 19.8 Å². The van der Waals surface area contributed by atoms with Gasteiger partial charge in [0.15, 0.2) is 23.4 Å². The van der Waals surface area contributed by atoms with E-state index in [1.54, 1.807) is 6.07 Å². The van der Waals surface area contributed by atoms with E-state index in [1.807, 2.05) is 12.1 Å². The summed E-state index contributed by atoms with van der Waals surface area (Å²) >= 11 is 0. The molecular formula is C37H55NO6. The van der Waals surface area contributed by atoms with Gasteiger partial charge in [-0.3, -0.25) is 14.5 Å². The Morgan fingerprint density at radius 1 is 1.02 bits per heavy atom. The molecule has 7 heteroatoms. The number of carboxylic acid groups (broad SMARTS) is 1. The number of aromatic hydroxyl groups is 1. The van der Waals surface area contributed by atoms with E-state index in [1.165, 1.54) is 70.6 Å². The van der Waals surface area contributed by atoms with Crippen molar-refractivity contribution in [2.75, 3.05) is 13.1 Å². The molecule has 4 atom stereocenters. The number of carbonyl (C=O) groups is 2. The molecule has 5 rings (SSSR count). The standard InChI is InChI=1S/C19H21NO4.C18H34O2/c1-2-8-20-9-7-18-15-11-3-4-12(21)16(15)24-17(18)13(22)5-6-19(18,23)14(20)10-11;1-2-3-4-5-6-7-8-9-10-11-12-13-14-15-16-17-18(19)20/h2-4,14,17,21,23H,1,5-10H2;9-10H,2-8,11-17H2,1H3,(H,19,20)/b;10-9-/t14-,17+,18+,19-;/m1./s1. The number of ketones is 1. The summed E-state index contributed by atoms with van der Waals surface area (Å²) in [4.78, 5) is 25.2. The number of unbranched alkanes of at least 4 members (excludes halogenated alkanes) is 11. The fourth-order valence-corrected chi connectivity index (χ4v) is 8.14. The van der Waals surface area contributed by atoms with Crippen molar-refractivity contribution in [2.45, 2.75) is 146 Å². The van der Waals surface area contributed by atoms with Crippen molar-refractivity contribution in [3.63, 3.8) is 0 Å². The number of phenolic OH excluding ortho intramolecular Hbond substituents is 1. The number of aliphatic carboxylic acids is 1. The van der Waals surface area contributed by atoms with Crippen LogP contribution in [0.15, 0.2) is 36.9 Å². The Bertz CT molecular complexity index is 1160. The quantitative estimate of drug-likeness (QED) is 0.125. The van der Waals surface area contributed by atoms with Gasteiger partial charge in [-0.1, -0.05) is 82.6 Å². The summed E-state index contributed by atoms with van der Waals surface area (Å²) < 4.78 is 5.98. The highest BCUT2D eigenvalue weighted by Gasteiger charge is 2.73. The highest BCUT2D eigenvalue weighted by Crippen LogP contribution is 2.64. The first-order chi connectivity index (χ1) is 21.3. The van der Waals surface area contributed by atoms with Gasteiger partial charge in [0.05, 0.1) is 11.0 Å². The molecule has 2 fully saturated rings. The number of hydrogen-bond acceptors (Lipinski definition) is 6. The average Bonchev–Trinajstić information content (AvgIpc) is 3.36. The lowest BCUT2D eigenvalue weighted by atomic mass is 9.49. The van der Waals surface area contributed by atoms with E-state index in [-0.39, 0.29) is 17.6 Å². The van der Waals surface area contributed by atoms with Gasteiger partial charge in [0, 0.05) is 37.5 Å². The number of likely N-dealkylation sites (tertiary alicyclic amines) is 1. The first-order valence-electron chi connectivity index (χ1n) is 17.3. The smallest absolute Gasteiger partial charge is 0.303 e. The van der Waals surface area contributed by atoms with Crippen molar-refractivity contribution in [1.82, 2.24) is 4.90 Å². The molecule has 2 aliphatic heterocycles. The molecule has 2 bridgehead atoms. The molecule has 0 amide bonds. The van der Waals surface area contributed by atoms with Gasteiger partial charge in [-0.2, -0.15) is 0 Å².